The molecule has 0 unspecified atom stereocenters. The first-order chi connectivity index (χ1) is 10.6. The van der Waals surface area contributed by atoms with Crippen LogP contribution in [0.25, 0.3) is 23.1 Å². The van der Waals surface area contributed by atoms with Crippen molar-refractivity contribution >= 4 is 29.0 Å². The van der Waals surface area contributed by atoms with E-state index in [2.05, 4.69) is 10.1 Å². The second kappa shape index (κ2) is 5.40. The molecule has 0 aliphatic carbocycles. The van der Waals surface area contributed by atoms with E-state index >= 15 is 0 Å². The molecule has 0 radical (unpaired) electrons. The van der Waals surface area contributed by atoms with Gasteiger partial charge in [0.2, 0.25) is 0 Å². The van der Waals surface area contributed by atoms with Crippen LogP contribution in [-0.2, 0) is 7.05 Å². The van der Waals surface area contributed by atoms with Crippen LogP contribution in [0.1, 0.15) is 21.6 Å². The zero-order valence-electron chi connectivity index (χ0n) is 11.7. The lowest BCUT2D eigenvalue weighted by atomic mass is 10.1. The number of pyridine rings is 1. The standard InChI is InChI=1S/C16H12FN3O2/c1-20-15-8-13(17)11(16(21)22)7-12(15)14(19-20)5-4-10-3-2-6-18-9-10/h2-9H,1H3,(H,21,22)/b5-4+. The van der Waals surface area contributed by atoms with E-state index in [9.17, 15) is 9.18 Å². The van der Waals surface area contributed by atoms with Gasteiger partial charge in [0, 0.05) is 30.9 Å². The van der Waals surface area contributed by atoms with Crippen molar-refractivity contribution in [1.29, 1.82) is 0 Å². The highest BCUT2D eigenvalue weighted by atomic mass is 19.1. The minimum Gasteiger partial charge on any atom is -0.478 e. The second-order valence-corrected chi connectivity index (χ2v) is 4.78. The van der Waals surface area contributed by atoms with Gasteiger partial charge in [-0.1, -0.05) is 12.1 Å². The van der Waals surface area contributed by atoms with Gasteiger partial charge in [0.15, 0.2) is 0 Å². The molecule has 1 N–H and O–H groups in total. The third-order valence-corrected chi connectivity index (χ3v) is 3.32. The van der Waals surface area contributed by atoms with Crippen LogP contribution >= 0.6 is 0 Å². The van der Waals surface area contributed by atoms with E-state index in [-0.39, 0.29) is 5.56 Å². The first kappa shape index (κ1) is 13.9. The number of hydrogen-bond donors (Lipinski definition) is 1. The SMILES string of the molecule is Cn1nc(/C=C/c2cccnc2)c2cc(C(=O)O)c(F)cc21. The fraction of sp³-hybridized carbons (Fsp3) is 0.0625. The number of benzene rings is 1. The smallest absolute Gasteiger partial charge is 0.338 e. The Morgan fingerprint density at radius 2 is 2.18 bits per heavy atom. The number of aryl methyl sites for hydroxylation is 1. The molecular weight excluding hydrogens is 285 g/mol. The Labute approximate surface area is 125 Å². The van der Waals surface area contributed by atoms with Crippen LogP contribution in [0.2, 0.25) is 0 Å². The van der Waals surface area contributed by atoms with Crippen molar-refractivity contribution in [2.45, 2.75) is 0 Å². The summed E-state index contributed by atoms with van der Waals surface area (Å²) in [5, 5.41) is 13.9. The number of aromatic nitrogens is 3. The Bertz CT molecular complexity index is 885. The highest BCUT2D eigenvalue weighted by Crippen LogP contribution is 2.23. The van der Waals surface area contributed by atoms with Crippen molar-refractivity contribution in [3.05, 3.63) is 59.3 Å². The van der Waals surface area contributed by atoms with Gasteiger partial charge in [-0.05, 0) is 23.8 Å². The van der Waals surface area contributed by atoms with E-state index in [0.717, 1.165) is 5.56 Å². The first-order valence-corrected chi connectivity index (χ1v) is 6.54. The maximum Gasteiger partial charge on any atom is 0.338 e. The molecule has 0 saturated carbocycles. The molecule has 0 bridgehead atoms. The molecule has 3 rings (SSSR count). The highest BCUT2D eigenvalue weighted by molar-refractivity contribution is 5.97. The normalized spacial score (nSPS) is 11.4. The van der Waals surface area contributed by atoms with Crippen molar-refractivity contribution in [2.75, 3.05) is 0 Å². The summed E-state index contributed by atoms with van der Waals surface area (Å²) < 4.78 is 15.3. The highest BCUT2D eigenvalue weighted by Gasteiger charge is 2.15. The average molecular weight is 297 g/mol. The maximum atomic E-state index is 13.8. The molecule has 1 aromatic carbocycles. The fourth-order valence-corrected chi connectivity index (χ4v) is 2.24. The minimum atomic E-state index is -1.30. The zero-order chi connectivity index (χ0) is 15.7. The summed E-state index contributed by atoms with van der Waals surface area (Å²) in [6.45, 7) is 0. The number of halogens is 1. The third kappa shape index (κ3) is 2.46. The van der Waals surface area contributed by atoms with E-state index in [1.165, 1.54) is 16.8 Å². The predicted molar refractivity (Wildman–Crippen MR) is 80.8 cm³/mol. The molecule has 22 heavy (non-hydrogen) atoms. The fourth-order valence-electron chi connectivity index (χ4n) is 2.24. The molecule has 3 aromatic rings. The van der Waals surface area contributed by atoms with Crippen molar-refractivity contribution in [2.24, 2.45) is 7.05 Å². The number of fused-ring (bicyclic) bond motifs is 1. The molecule has 0 aliphatic heterocycles. The molecule has 0 spiro atoms. The van der Waals surface area contributed by atoms with Crippen LogP contribution < -0.4 is 0 Å². The van der Waals surface area contributed by atoms with Gasteiger partial charge in [-0.25, -0.2) is 9.18 Å². The van der Waals surface area contributed by atoms with E-state index < -0.39 is 11.8 Å². The average Bonchev–Trinajstić information content (AvgIpc) is 2.81. The van der Waals surface area contributed by atoms with Crippen molar-refractivity contribution < 1.29 is 14.3 Å². The molecular formula is C16H12FN3O2. The molecule has 6 heteroatoms. The number of rotatable bonds is 3. The van der Waals surface area contributed by atoms with E-state index in [1.54, 1.807) is 25.5 Å². The molecule has 0 fully saturated rings. The summed E-state index contributed by atoms with van der Waals surface area (Å²) in [6.07, 6.45) is 6.95. The van der Waals surface area contributed by atoms with Crippen LogP contribution in [-0.4, -0.2) is 25.8 Å². The molecule has 0 saturated heterocycles. The van der Waals surface area contributed by atoms with E-state index in [0.29, 0.717) is 16.6 Å². The number of hydrogen-bond acceptors (Lipinski definition) is 3. The lowest BCUT2D eigenvalue weighted by molar-refractivity contribution is 0.0692. The molecule has 0 aliphatic rings. The summed E-state index contributed by atoms with van der Waals surface area (Å²) in [4.78, 5) is 15.1. The summed E-state index contributed by atoms with van der Waals surface area (Å²) in [7, 11) is 1.68. The monoisotopic (exact) mass is 297 g/mol. The Hall–Kier alpha value is -3.02. The van der Waals surface area contributed by atoms with Gasteiger partial charge in [0.25, 0.3) is 0 Å². The van der Waals surface area contributed by atoms with E-state index in [1.807, 2.05) is 18.2 Å². The van der Waals surface area contributed by atoms with Crippen LogP contribution in [0.5, 0.6) is 0 Å². The van der Waals surface area contributed by atoms with Gasteiger partial charge in [-0.15, -0.1) is 0 Å². The summed E-state index contributed by atoms with van der Waals surface area (Å²) in [5.74, 6) is -2.07. The summed E-state index contributed by atoms with van der Waals surface area (Å²) >= 11 is 0. The number of aromatic carboxylic acids is 1. The van der Waals surface area contributed by atoms with Crippen LogP contribution in [0, 0.1) is 5.82 Å². The zero-order valence-corrected chi connectivity index (χ0v) is 11.7. The van der Waals surface area contributed by atoms with Gasteiger partial charge >= 0.3 is 5.97 Å². The Morgan fingerprint density at radius 3 is 2.86 bits per heavy atom. The second-order valence-electron chi connectivity index (χ2n) is 4.78. The summed E-state index contributed by atoms with van der Waals surface area (Å²) in [5.41, 5.74) is 1.63. The van der Waals surface area contributed by atoms with Gasteiger partial charge < -0.3 is 5.11 Å². The minimum absolute atomic E-state index is 0.364. The Morgan fingerprint density at radius 1 is 1.36 bits per heavy atom. The lowest BCUT2D eigenvalue weighted by Gasteiger charge is -1.99. The topological polar surface area (TPSA) is 68.0 Å². The number of nitrogens with zero attached hydrogens (tertiary/aromatic N) is 3. The number of carbonyl (C=O) groups is 1. The molecule has 0 atom stereocenters. The lowest BCUT2D eigenvalue weighted by Crippen LogP contribution is -2.00. The predicted octanol–water partition coefficient (Wildman–Crippen LogP) is 2.98. The Kier molecular flexibility index (Phi) is 3.42. The molecule has 5 nitrogen and oxygen atoms in total. The van der Waals surface area contributed by atoms with Crippen molar-refractivity contribution in [3.63, 3.8) is 0 Å². The van der Waals surface area contributed by atoms with Gasteiger partial charge in [0.05, 0.1) is 16.8 Å². The Balaban J connectivity index is 2.12. The van der Waals surface area contributed by atoms with Crippen LogP contribution in [0.15, 0.2) is 36.7 Å². The molecule has 0 amide bonds. The number of carboxylic acids is 1. The quantitative estimate of drug-likeness (QED) is 0.807. The third-order valence-electron chi connectivity index (χ3n) is 3.32. The van der Waals surface area contributed by atoms with Crippen molar-refractivity contribution in [3.8, 4) is 0 Å². The molecule has 2 heterocycles. The van der Waals surface area contributed by atoms with Gasteiger partial charge in [-0.3, -0.25) is 9.67 Å². The van der Waals surface area contributed by atoms with Gasteiger partial charge in [-0.2, -0.15) is 5.10 Å². The maximum absolute atomic E-state index is 13.8. The number of carboxylic acid groups (broad SMARTS) is 1. The van der Waals surface area contributed by atoms with Crippen molar-refractivity contribution in [1.82, 2.24) is 14.8 Å². The van der Waals surface area contributed by atoms with Gasteiger partial charge in [0.1, 0.15) is 5.82 Å². The van der Waals surface area contributed by atoms with Crippen LogP contribution in [0.4, 0.5) is 4.39 Å². The van der Waals surface area contributed by atoms with E-state index in [4.69, 9.17) is 5.11 Å². The molecule has 110 valence electrons. The largest absolute Gasteiger partial charge is 0.478 e. The first-order valence-electron chi connectivity index (χ1n) is 6.54. The van der Waals surface area contributed by atoms with Crippen LogP contribution in [0.3, 0.4) is 0 Å². The molecule has 2 aromatic heterocycles. The summed E-state index contributed by atoms with van der Waals surface area (Å²) in [6, 6.07) is 6.20.